The Morgan fingerprint density at radius 2 is 2.11 bits per heavy atom. The number of aromatic nitrogens is 1. The molecule has 2 N–H and O–H groups in total. The molecule has 2 aliphatic rings. The van der Waals surface area contributed by atoms with Gasteiger partial charge in [0.05, 0.1) is 16.8 Å². The summed E-state index contributed by atoms with van der Waals surface area (Å²) in [5.74, 6) is -2.84. The van der Waals surface area contributed by atoms with Gasteiger partial charge in [0, 0.05) is 19.9 Å². The largest absolute Gasteiger partial charge is 0.384 e. The van der Waals surface area contributed by atoms with Gasteiger partial charge in [-0.1, -0.05) is 0 Å². The highest BCUT2D eigenvalue weighted by atomic mass is 19.3. The fourth-order valence-electron chi connectivity index (χ4n) is 3.02. The van der Waals surface area contributed by atoms with E-state index in [4.69, 9.17) is 5.73 Å². The molecule has 0 saturated heterocycles. The van der Waals surface area contributed by atoms with Crippen molar-refractivity contribution in [3.63, 3.8) is 0 Å². The number of halogens is 2. The summed E-state index contributed by atoms with van der Waals surface area (Å²) < 4.78 is 27.0. The summed E-state index contributed by atoms with van der Waals surface area (Å²) in [6.45, 7) is 0. The van der Waals surface area contributed by atoms with Crippen LogP contribution in [0.4, 0.5) is 20.3 Å². The first kappa shape index (κ1) is 11.4. The third-order valence-corrected chi connectivity index (χ3v) is 3.90. The molecule has 1 saturated carbocycles. The molecule has 1 unspecified atom stereocenters. The quantitative estimate of drug-likeness (QED) is 0.765. The minimum atomic E-state index is -2.80. The SMILES string of the molecule is CN1C(=O)C2(CCC(F)(F)C2)c2nc(N)ccc21. The Morgan fingerprint density at radius 3 is 2.72 bits per heavy atom. The lowest BCUT2D eigenvalue weighted by molar-refractivity contribution is -0.123. The predicted molar refractivity (Wildman–Crippen MR) is 62.5 cm³/mol. The van der Waals surface area contributed by atoms with Crippen LogP contribution in [0.5, 0.6) is 0 Å². The number of hydrogen-bond donors (Lipinski definition) is 1. The van der Waals surface area contributed by atoms with Crippen LogP contribution in [-0.4, -0.2) is 23.9 Å². The molecular formula is C12H13F2N3O. The van der Waals surface area contributed by atoms with Crippen LogP contribution in [0.3, 0.4) is 0 Å². The standard InChI is InChI=1S/C12H13F2N3O/c1-17-7-2-3-8(15)16-9(7)11(10(17)18)4-5-12(13,14)6-11/h2-3H,4-6H2,1H3,(H2,15,16). The molecular weight excluding hydrogens is 240 g/mol. The average Bonchev–Trinajstić information content (AvgIpc) is 2.72. The van der Waals surface area contributed by atoms with Crippen molar-refractivity contribution in [2.24, 2.45) is 0 Å². The number of carbonyl (C=O) groups is 1. The van der Waals surface area contributed by atoms with E-state index in [1.165, 1.54) is 4.90 Å². The molecule has 1 spiro atoms. The smallest absolute Gasteiger partial charge is 0.249 e. The third-order valence-electron chi connectivity index (χ3n) is 3.90. The first-order valence-electron chi connectivity index (χ1n) is 5.79. The van der Waals surface area contributed by atoms with E-state index >= 15 is 0 Å². The minimum absolute atomic E-state index is 0.132. The van der Waals surface area contributed by atoms with Gasteiger partial charge in [-0.3, -0.25) is 4.79 Å². The van der Waals surface area contributed by atoms with E-state index in [1.807, 2.05) is 0 Å². The first-order valence-corrected chi connectivity index (χ1v) is 5.79. The van der Waals surface area contributed by atoms with Crippen molar-refractivity contribution in [3.8, 4) is 0 Å². The zero-order valence-electron chi connectivity index (χ0n) is 9.91. The fraction of sp³-hybridized carbons (Fsp3) is 0.500. The Bertz CT molecular complexity index is 546. The summed E-state index contributed by atoms with van der Waals surface area (Å²) in [5.41, 5.74) is 5.43. The lowest BCUT2D eigenvalue weighted by Crippen LogP contribution is -2.38. The molecule has 1 aliphatic carbocycles. The number of alkyl halides is 2. The van der Waals surface area contributed by atoms with Crippen molar-refractivity contribution in [1.29, 1.82) is 0 Å². The summed E-state index contributed by atoms with van der Waals surface area (Å²) in [6.07, 6.45) is -0.609. The molecule has 1 aliphatic heterocycles. The molecule has 96 valence electrons. The van der Waals surface area contributed by atoms with E-state index in [2.05, 4.69) is 4.98 Å². The maximum absolute atomic E-state index is 13.5. The second kappa shape index (κ2) is 3.18. The number of nitrogens with zero attached hydrogens (tertiary/aromatic N) is 2. The van der Waals surface area contributed by atoms with Crippen LogP contribution >= 0.6 is 0 Å². The maximum Gasteiger partial charge on any atom is 0.249 e. The Kier molecular flexibility index (Phi) is 2.01. The predicted octanol–water partition coefficient (Wildman–Crippen LogP) is 1.70. The van der Waals surface area contributed by atoms with Crippen LogP contribution in [0.15, 0.2) is 12.1 Å². The third kappa shape index (κ3) is 1.28. The number of nitrogens with two attached hydrogens (primary N) is 1. The number of fused-ring (bicyclic) bond motifs is 2. The van der Waals surface area contributed by atoms with E-state index < -0.39 is 17.8 Å². The zero-order valence-corrected chi connectivity index (χ0v) is 9.91. The molecule has 1 aromatic rings. The molecule has 1 aromatic heterocycles. The number of nitrogen functional groups attached to an aromatic ring is 1. The van der Waals surface area contributed by atoms with E-state index in [1.54, 1.807) is 19.2 Å². The van der Waals surface area contributed by atoms with E-state index in [9.17, 15) is 13.6 Å². The molecule has 3 rings (SSSR count). The summed E-state index contributed by atoms with van der Waals surface area (Å²) in [7, 11) is 1.59. The van der Waals surface area contributed by atoms with Gasteiger partial charge in [-0.15, -0.1) is 0 Å². The van der Waals surface area contributed by atoms with Gasteiger partial charge < -0.3 is 10.6 Å². The van der Waals surface area contributed by atoms with E-state index in [0.29, 0.717) is 11.4 Å². The molecule has 1 fully saturated rings. The topological polar surface area (TPSA) is 59.2 Å². The van der Waals surface area contributed by atoms with Gasteiger partial charge in [-0.05, 0) is 18.6 Å². The highest BCUT2D eigenvalue weighted by molar-refractivity contribution is 6.07. The molecule has 18 heavy (non-hydrogen) atoms. The molecule has 1 atom stereocenters. The van der Waals surface area contributed by atoms with Gasteiger partial charge >= 0.3 is 0 Å². The van der Waals surface area contributed by atoms with Crippen molar-refractivity contribution in [2.75, 3.05) is 17.7 Å². The summed E-state index contributed by atoms with van der Waals surface area (Å²) >= 11 is 0. The van der Waals surface area contributed by atoms with Gasteiger partial charge in [0.1, 0.15) is 5.82 Å². The van der Waals surface area contributed by atoms with Gasteiger partial charge in [0.2, 0.25) is 11.8 Å². The number of likely N-dealkylation sites (N-methyl/N-ethyl adjacent to an activating group) is 1. The van der Waals surface area contributed by atoms with Crippen LogP contribution in [-0.2, 0) is 10.2 Å². The normalized spacial score (nSPS) is 29.1. The summed E-state index contributed by atoms with van der Waals surface area (Å²) in [5, 5.41) is 0. The number of hydrogen-bond acceptors (Lipinski definition) is 3. The first-order chi connectivity index (χ1) is 8.36. The zero-order chi connectivity index (χ0) is 13.1. The maximum atomic E-state index is 13.5. The lowest BCUT2D eigenvalue weighted by atomic mass is 9.83. The fourth-order valence-corrected chi connectivity index (χ4v) is 3.02. The van der Waals surface area contributed by atoms with Crippen LogP contribution in [0, 0.1) is 0 Å². The molecule has 6 heteroatoms. The van der Waals surface area contributed by atoms with Gasteiger partial charge in [-0.2, -0.15) is 0 Å². The van der Waals surface area contributed by atoms with E-state index in [-0.39, 0.29) is 24.6 Å². The highest BCUT2D eigenvalue weighted by Crippen LogP contribution is 2.54. The summed E-state index contributed by atoms with van der Waals surface area (Å²) in [4.78, 5) is 17.8. The molecule has 1 amide bonds. The Balaban J connectivity index is 2.18. The van der Waals surface area contributed by atoms with Crippen molar-refractivity contribution < 1.29 is 13.6 Å². The average molecular weight is 253 g/mol. The van der Waals surface area contributed by atoms with Gasteiger partial charge in [0.15, 0.2) is 0 Å². The van der Waals surface area contributed by atoms with Gasteiger partial charge in [-0.25, -0.2) is 13.8 Å². The molecule has 2 heterocycles. The molecule has 0 aromatic carbocycles. The lowest BCUT2D eigenvalue weighted by Gasteiger charge is -2.21. The number of rotatable bonds is 0. The second-order valence-corrected chi connectivity index (χ2v) is 5.08. The Hall–Kier alpha value is -1.72. The highest BCUT2D eigenvalue weighted by Gasteiger charge is 2.60. The van der Waals surface area contributed by atoms with Gasteiger partial charge in [0.25, 0.3) is 0 Å². The van der Waals surface area contributed by atoms with Crippen molar-refractivity contribution >= 4 is 17.4 Å². The molecule has 0 radical (unpaired) electrons. The molecule has 0 bridgehead atoms. The van der Waals surface area contributed by atoms with Crippen LogP contribution < -0.4 is 10.6 Å². The van der Waals surface area contributed by atoms with Crippen molar-refractivity contribution in [1.82, 2.24) is 4.98 Å². The summed E-state index contributed by atoms with van der Waals surface area (Å²) in [6, 6.07) is 3.25. The number of pyridine rings is 1. The monoisotopic (exact) mass is 253 g/mol. The van der Waals surface area contributed by atoms with Crippen LogP contribution in [0.1, 0.15) is 25.0 Å². The Labute approximate surface area is 103 Å². The second-order valence-electron chi connectivity index (χ2n) is 5.08. The number of carbonyl (C=O) groups excluding carboxylic acids is 1. The van der Waals surface area contributed by atoms with Crippen LogP contribution in [0.2, 0.25) is 0 Å². The van der Waals surface area contributed by atoms with Crippen molar-refractivity contribution in [3.05, 3.63) is 17.8 Å². The van der Waals surface area contributed by atoms with Crippen molar-refractivity contribution in [2.45, 2.75) is 30.6 Å². The van der Waals surface area contributed by atoms with E-state index in [0.717, 1.165) is 0 Å². The molecule has 4 nitrogen and oxygen atoms in total. The number of amides is 1. The number of anilines is 2. The Morgan fingerprint density at radius 1 is 1.39 bits per heavy atom. The van der Waals surface area contributed by atoms with Crippen LogP contribution in [0.25, 0.3) is 0 Å². The minimum Gasteiger partial charge on any atom is -0.384 e.